The van der Waals surface area contributed by atoms with Crippen LogP contribution < -0.4 is 9.47 Å². The molecule has 34 heavy (non-hydrogen) atoms. The lowest BCUT2D eigenvalue weighted by Crippen LogP contribution is -2.22. The fourth-order valence-corrected chi connectivity index (χ4v) is 3.15. The predicted molar refractivity (Wildman–Crippen MR) is 112 cm³/mol. The van der Waals surface area contributed by atoms with Gasteiger partial charge in [0.15, 0.2) is 17.4 Å². The highest BCUT2D eigenvalue weighted by atomic mass is 19.3. The van der Waals surface area contributed by atoms with Gasteiger partial charge < -0.3 is 9.47 Å². The van der Waals surface area contributed by atoms with Gasteiger partial charge in [-0.1, -0.05) is 25.5 Å². The number of halogens is 7. The number of aryl methyl sites for hydroxylation is 1. The lowest BCUT2D eigenvalue weighted by atomic mass is 10.0. The average molecular weight is 484 g/mol. The number of hydrogen-bond donors (Lipinski definition) is 0. The van der Waals surface area contributed by atoms with E-state index in [4.69, 9.17) is 0 Å². The molecule has 9 heteroatoms. The Labute approximate surface area is 191 Å². The molecule has 0 fully saturated rings. The van der Waals surface area contributed by atoms with Gasteiger partial charge in [-0.15, -0.1) is 0 Å². The highest BCUT2D eigenvalue weighted by molar-refractivity contribution is 5.66. The summed E-state index contributed by atoms with van der Waals surface area (Å²) in [7, 11) is 0. The molecule has 0 spiro atoms. The van der Waals surface area contributed by atoms with Gasteiger partial charge in [0, 0.05) is 17.7 Å². The summed E-state index contributed by atoms with van der Waals surface area (Å²) < 4.78 is 105. The zero-order chi connectivity index (χ0) is 24.9. The molecule has 3 aromatic rings. The molecule has 2 nitrogen and oxygen atoms in total. The van der Waals surface area contributed by atoms with Crippen molar-refractivity contribution in [2.45, 2.75) is 32.3 Å². The maximum absolute atomic E-state index is 14.6. The molecule has 0 aliphatic heterocycles. The molecular formula is C25H19F7O2. The van der Waals surface area contributed by atoms with Gasteiger partial charge in [-0.05, 0) is 53.9 Å². The second-order valence-electron chi connectivity index (χ2n) is 7.26. The van der Waals surface area contributed by atoms with Crippen LogP contribution in [-0.4, -0.2) is 6.43 Å². The molecule has 0 amide bonds. The second-order valence-corrected chi connectivity index (χ2v) is 7.26. The Morgan fingerprint density at radius 3 is 2.09 bits per heavy atom. The molecule has 0 saturated carbocycles. The van der Waals surface area contributed by atoms with Crippen molar-refractivity contribution in [3.05, 3.63) is 95.5 Å². The summed E-state index contributed by atoms with van der Waals surface area (Å²) in [6.45, 7) is 1.96. The Kier molecular flexibility index (Phi) is 7.86. The molecule has 0 heterocycles. The van der Waals surface area contributed by atoms with Gasteiger partial charge in [-0.25, -0.2) is 22.0 Å². The molecule has 0 N–H and O–H groups in total. The van der Waals surface area contributed by atoms with E-state index >= 15 is 0 Å². The molecule has 0 atom stereocenters. The van der Waals surface area contributed by atoms with Gasteiger partial charge in [0.25, 0.3) is 6.43 Å². The summed E-state index contributed by atoms with van der Waals surface area (Å²) in [5.74, 6) is -5.07. The minimum atomic E-state index is -3.75. The van der Waals surface area contributed by atoms with Gasteiger partial charge in [-0.2, -0.15) is 8.78 Å². The third-order valence-corrected chi connectivity index (χ3v) is 4.73. The quantitative estimate of drug-likeness (QED) is 0.226. The van der Waals surface area contributed by atoms with Crippen molar-refractivity contribution in [3.63, 3.8) is 0 Å². The van der Waals surface area contributed by atoms with Gasteiger partial charge in [0.05, 0.1) is 11.8 Å². The van der Waals surface area contributed by atoms with Crippen LogP contribution in [0.25, 0.3) is 11.1 Å². The number of alkyl halides is 4. The van der Waals surface area contributed by atoms with Crippen LogP contribution in [0, 0.1) is 17.5 Å². The van der Waals surface area contributed by atoms with Crippen molar-refractivity contribution in [3.8, 4) is 22.6 Å². The van der Waals surface area contributed by atoms with Crippen molar-refractivity contribution < 1.29 is 40.2 Å². The average Bonchev–Trinajstić information content (AvgIpc) is 2.76. The smallest absolute Gasteiger partial charge is 0.426 e. The largest absolute Gasteiger partial charge is 0.459 e. The first-order chi connectivity index (χ1) is 16.1. The molecule has 3 rings (SSSR count). The molecule has 0 aliphatic carbocycles. The van der Waals surface area contributed by atoms with Crippen LogP contribution >= 0.6 is 0 Å². The molecular weight excluding hydrogens is 465 g/mol. The van der Waals surface area contributed by atoms with E-state index in [1.54, 1.807) is 12.1 Å². The molecule has 0 aromatic heterocycles. The van der Waals surface area contributed by atoms with Crippen LogP contribution in [0.3, 0.4) is 0 Å². The molecule has 0 radical (unpaired) electrons. The maximum Gasteiger partial charge on any atom is 0.426 e. The van der Waals surface area contributed by atoms with Crippen LogP contribution in [-0.2, 0) is 12.5 Å². The van der Waals surface area contributed by atoms with Crippen molar-refractivity contribution in [1.82, 2.24) is 0 Å². The number of benzene rings is 3. The monoisotopic (exact) mass is 484 g/mol. The van der Waals surface area contributed by atoms with Crippen molar-refractivity contribution >= 4 is 0 Å². The van der Waals surface area contributed by atoms with E-state index in [0.717, 1.165) is 42.7 Å². The number of allylic oxidation sites excluding steroid dienone is 1. The third-order valence-electron chi connectivity index (χ3n) is 4.73. The molecule has 3 aromatic carbocycles. The van der Waals surface area contributed by atoms with E-state index in [0.29, 0.717) is 12.3 Å². The van der Waals surface area contributed by atoms with E-state index in [2.05, 4.69) is 9.47 Å². The minimum absolute atomic E-state index is 0.262. The predicted octanol–water partition coefficient (Wildman–Crippen LogP) is 8.01. The van der Waals surface area contributed by atoms with Crippen LogP contribution in [0.15, 0.2) is 66.9 Å². The molecule has 0 bridgehead atoms. The van der Waals surface area contributed by atoms with Crippen molar-refractivity contribution in [2.24, 2.45) is 0 Å². The van der Waals surface area contributed by atoms with Gasteiger partial charge >= 0.3 is 6.11 Å². The third kappa shape index (κ3) is 6.09. The molecule has 180 valence electrons. The van der Waals surface area contributed by atoms with Crippen LogP contribution in [0.1, 0.15) is 24.5 Å². The lowest BCUT2D eigenvalue weighted by molar-refractivity contribution is -0.185. The SMILES string of the molecule is CCCc1ccc(C(F)(F)Oc2ccc(-c3cc(F)c(OC=CC(F)F)c(F)c3)c(F)c2)cc1. The number of ether oxygens (including phenoxy) is 2. The normalized spacial score (nSPS) is 11.9. The van der Waals surface area contributed by atoms with Crippen LogP contribution in [0.4, 0.5) is 30.7 Å². The van der Waals surface area contributed by atoms with Crippen LogP contribution in [0.5, 0.6) is 11.5 Å². The van der Waals surface area contributed by atoms with E-state index in [-0.39, 0.29) is 17.2 Å². The Morgan fingerprint density at radius 2 is 1.53 bits per heavy atom. The standard InChI is InChI=1S/C25H19F7O2/c1-2-3-15-4-6-17(7-5-15)25(31,32)34-18-8-9-19(20(26)14-18)16-12-21(27)24(22(28)13-16)33-11-10-23(29)30/h4-14,23H,2-3H2,1H3. The zero-order valence-corrected chi connectivity index (χ0v) is 17.8. The molecule has 0 saturated heterocycles. The lowest BCUT2D eigenvalue weighted by Gasteiger charge is -2.19. The summed E-state index contributed by atoms with van der Waals surface area (Å²) >= 11 is 0. The highest BCUT2D eigenvalue weighted by Crippen LogP contribution is 2.35. The summed E-state index contributed by atoms with van der Waals surface area (Å²) in [4.78, 5) is 0. The fourth-order valence-electron chi connectivity index (χ4n) is 3.15. The summed E-state index contributed by atoms with van der Waals surface area (Å²) in [6, 6.07) is 9.72. The van der Waals surface area contributed by atoms with Crippen molar-refractivity contribution in [2.75, 3.05) is 0 Å². The number of hydrogen-bond acceptors (Lipinski definition) is 2. The Balaban J connectivity index is 1.80. The first kappa shape index (κ1) is 25.1. The Morgan fingerprint density at radius 1 is 0.882 bits per heavy atom. The fraction of sp³-hybridized carbons (Fsp3) is 0.200. The Hall–Kier alpha value is -3.49. The van der Waals surface area contributed by atoms with E-state index < -0.39 is 47.0 Å². The van der Waals surface area contributed by atoms with Crippen LogP contribution in [0.2, 0.25) is 0 Å². The van der Waals surface area contributed by atoms with Crippen molar-refractivity contribution in [1.29, 1.82) is 0 Å². The number of rotatable bonds is 9. The molecule has 0 aliphatic rings. The van der Waals surface area contributed by atoms with E-state index in [9.17, 15) is 30.7 Å². The first-order valence-electron chi connectivity index (χ1n) is 10.2. The van der Waals surface area contributed by atoms with E-state index in [1.807, 2.05) is 6.92 Å². The minimum Gasteiger partial charge on any atom is -0.459 e. The topological polar surface area (TPSA) is 18.5 Å². The molecule has 0 unspecified atom stereocenters. The summed E-state index contributed by atoms with van der Waals surface area (Å²) in [5.41, 5.74) is -0.0922. The Bertz CT molecular complexity index is 1140. The van der Waals surface area contributed by atoms with E-state index in [1.165, 1.54) is 12.1 Å². The zero-order valence-electron chi connectivity index (χ0n) is 17.8. The van der Waals surface area contributed by atoms with Gasteiger partial charge in [0.1, 0.15) is 11.6 Å². The maximum atomic E-state index is 14.6. The summed E-state index contributed by atoms with van der Waals surface area (Å²) in [5, 5.41) is 0. The first-order valence-corrected chi connectivity index (χ1v) is 10.2. The van der Waals surface area contributed by atoms with Gasteiger partial charge in [0.2, 0.25) is 0 Å². The van der Waals surface area contributed by atoms with Gasteiger partial charge in [-0.3, -0.25) is 0 Å². The highest BCUT2D eigenvalue weighted by Gasteiger charge is 2.34. The second kappa shape index (κ2) is 10.6. The summed E-state index contributed by atoms with van der Waals surface area (Å²) in [6.07, 6.45) is -4.33.